The largest absolute Gasteiger partial charge is 0.368 e. The summed E-state index contributed by atoms with van der Waals surface area (Å²) < 4.78 is 0. The van der Waals surface area contributed by atoms with Crippen LogP contribution in [0.1, 0.15) is 31.7 Å². The van der Waals surface area contributed by atoms with Crippen molar-refractivity contribution in [2.45, 2.75) is 34.1 Å². The van der Waals surface area contributed by atoms with Crippen LogP contribution in [-0.4, -0.2) is 40.4 Å². The van der Waals surface area contributed by atoms with Crippen molar-refractivity contribution in [2.75, 3.05) is 25.0 Å². The molecule has 1 aromatic rings. The quantitative estimate of drug-likeness (QED) is 0.836. The molecule has 0 aromatic carbocycles. The molecular weight excluding hydrogens is 228 g/mol. The van der Waals surface area contributed by atoms with Crippen molar-refractivity contribution in [2.24, 2.45) is 0 Å². The van der Waals surface area contributed by atoms with Crippen LogP contribution in [0.4, 0.5) is 5.82 Å². The Morgan fingerprint density at radius 2 is 1.94 bits per heavy atom. The first kappa shape index (κ1) is 14.4. The van der Waals surface area contributed by atoms with Gasteiger partial charge in [0.25, 0.3) is 0 Å². The van der Waals surface area contributed by atoms with Gasteiger partial charge < -0.3 is 10.2 Å². The molecule has 1 amide bonds. The van der Waals surface area contributed by atoms with Crippen molar-refractivity contribution >= 4 is 11.7 Å². The Morgan fingerprint density at radius 1 is 1.28 bits per heavy atom. The second-order valence-electron chi connectivity index (χ2n) is 4.17. The number of aromatic nitrogens is 2. The molecule has 0 spiro atoms. The van der Waals surface area contributed by atoms with Crippen molar-refractivity contribution < 1.29 is 4.79 Å². The highest BCUT2D eigenvalue weighted by atomic mass is 16.2. The van der Waals surface area contributed by atoms with Crippen LogP contribution in [-0.2, 0) is 4.79 Å². The van der Waals surface area contributed by atoms with Crippen molar-refractivity contribution in [3.63, 3.8) is 0 Å². The van der Waals surface area contributed by atoms with E-state index in [2.05, 4.69) is 15.3 Å². The Bertz CT molecular complexity index is 402. The number of carbonyl (C=O) groups is 1. The van der Waals surface area contributed by atoms with Crippen LogP contribution in [0.3, 0.4) is 0 Å². The molecule has 100 valence electrons. The van der Waals surface area contributed by atoms with E-state index in [1.54, 1.807) is 6.20 Å². The third-order valence-electron chi connectivity index (χ3n) is 2.95. The Kier molecular flexibility index (Phi) is 5.55. The van der Waals surface area contributed by atoms with Gasteiger partial charge in [-0.15, -0.1) is 0 Å². The maximum absolute atomic E-state index is 11.8. The van der Waals surface area contributed by atoms with E-state index < -0.39 is 0 Å². The molecule has 18 heavy (non-hydrogen) atoms. The summed E-state index contributed by atoms with van der Waals surface area (Å²) in [5.74, 6) is 0.898. The number of anilines is 1. The molecule has 0 saturated carbocycles. The fraction of sp³-hybridized carbons (Fsp3) is 0.615. The first-order chi connectivity index (χ1) is 8.58. The van der Waals surface area contributed by atoms with Gasteiger partial charge in [-0.3, -0.25) is 9.78 Å². The summed E-state index contributed by atoms with van der Waals surface area (Å²) in [6.07, 6.45) is 2.18. The third-order valence-corrected chi connectivity index (χ3v) is 2.95. The second-order valence-corrected chi connectivity index (χ2v) is 4.17. The molecule has 5 heteroatoms. The Balaban J connectivity index is 2.41. The maximum Gasteiger partial charge on any atom is 0.224 e. The predicted octanol–water partition coefficient (Wildman–Crippen LogP) is 1.76. The third kappa shape index (κ3) is 3.98. The Hall–Kier alpha value is -1.65. The van der Waals surface area contributed by atoms with Crippen LogP contribution in [0.15, 0.2) is 6.20 Å². The number of carbonyl (C=O) groups excluding carboxylic acids is 1. The molecule has 0 aliphatic carbocycles. The van der Waals surface area contributed by atoms with E-state index in [4.69, 9.17) is 0 Å². The summed E-state index contributed by atoms with van der Waals surface area (Å²) in [7, 11) is 0. The molecule has 5 nitrogen and oxygen atoms in total. The summed E-state index contributed by atoms with van der Waals surface area (Å²) >= 11 is 0. The van der Waals surface area contributed by atoms with Crippen LogP contribution in [0, 0.1) is 13.8 Å². The summed E-state index contributed by atoms with van der Waals surface area (Å²) in [6.45, 7) is 9.95. The van der Waals surface area contributed by atoms with Crippen LogP contribution < -0.4 is 5.32 Å². The molecule has 0 fully saturated rings. The number of nitrogens with zero attached hydrogens (tertiary/aromatic N) is 3. The predicted molar refractivity (Wildman–Crippen MR) is 72.5 cm³/mol. The number of hydrogen-bond acceptors (Lipinski definition) is 4. The van der Waals surface area contributed by atoms with Crippen molar-refractivity contribution in [3.8, 4) is 0 Å². The van der Waals surface area contributed by atoms with E-state index in [0.29, 0.717) is 13.0 Å². The minimum Gasteiger partial charge on any atom is -0.368 e. The minimum atomic E-state index is 0.171. The number of nitrogens with one attached hydrogen (secondary N) is 1. The lowest BCUT2D eigenvalue weighted by Crippen LogP contribution is -2.31. The van der Waals surface area contributed by atoms with Gasteiger partial charge in [-0.25, -0.2) is 4.98 Å². The normalized spacial score (nSPS) is 10.2. The van der Waals surface area contributed by atoms with Crippen molar-refractivity contribution in [1.29, 1.82) is 0 Å². The van der Waals surface area contributed by atoms with Crippen molar-refractivity contribution in [1.82, 2.24) is 14.9 Å². The SMILES string of the molecule is CCN(CC)C(=O)CCNc1cnc(C)c(C)n1. The molecule has 0 unspecified atom stereocenters. The highest BCUT2D eigenvalue weighted by Gasteiger charge is 2.08. The van der Waals surface area contributed by atoms with Gasteiger partial charge in [0.2, 0.25) is 5.91 Å². The zero-order chi connectivity index (χ0) is 13.5. The van der Waals surface area contributed by atoms with Gasteiger partial charge in [-0.05, 0) is 27.7 Å². The van der Waals surface area contributed by atoms with Gasteiger partial charge in [0.05, 0.1) is 17.6 Å². The average molecular weight is 250 g/mol. The zero-order valence-electron chi connectivity index (χ0n) is 11.7. The molecule has 0 radical (unpaired) electrons. The molecule has 1 heterocycles. The van der Waals surface area contributed by atoms with Gasteiger partial charge in [-0.2, -0.15) is 0 Å². The Morgan fingerprint density at radius 3 is 2.50 bits per heavy atom. The van der Waals surface area contributed by atoms with Gasteiger partial charge in [-0.1, -0.05) is 0 Å². The molecule has 1 rings (SSSR count). The molecule has 1 N–H and O–H groups in total. The van der Waals surface area contributed by atoms with E-state index in [0.717, 1.165) is 30.3 Å². The highest BCUT2D eigenvalue weighted by Crippen LogP contribution is 2.05. The van der Waals surface area contributed by atoms with Gasteiger partial charge in [0.15, 0.2) is 0 Å². The maximum atomic E-state index is 11.8. The first-order valence-electron chi connectivity index (χ1n) is 6.40. The van der Waals surface area contributed by atoms with E-state index in [-0.39, 0.29) is 5.91 Å². The smallest absolute Gasteiger partial charge is 0.224 e. The van der Waals surface area contributed by atoms with Gasteiger partial charge in [0.1, 0.15) is 5.82 Å². The number of aryl methyl sites for hydroxylation is 2. The molecule has 0 saturated heterocycles. The number of amides is 1. The number of hydrogen-bond donors (Lipinski definition) is 1. The number of rotatable bonds is 6. The van der Waals surface area contributed by atoms with Crippen LogP contribution in [0.2, 0.25) is 0 Å². The lowest BCUT2D eigenvalue weighted by molar-refractivity contribution is -0.130. The average Bonchev–Trinajstić information content (AvgIpc) is 2.35. The van der Waals surface area contributed by atoms with Crippen LogP contribution in [0.25, 0.3) is 0 Å². The Labute approximate surface area is 109 Å². The monoisotopic (exact) mass is 250 g/mol. The topological polar surface area (TPSA) is 58.1 Å². The van der Waals surface area contributed by atoms with Crippen molar-refractivity contribution in [3.05, 3.63) is 17.6 Å². The molecular formula is C13H22N4O. The minimum absolute atomic E-state index is 0.171. The molecule has 1 aromatic heterocycles. The van der Waals surface area contributed by atoms with E-state index in [9.17, 15) is 4.79 Å². The van der Waals surface area contributed by atoms with E-state index in [1.807, 2.05) is 32.6 Å². The fourth-order valence-corrected chi connectivity index (χ4v) is 1.66. The molecule has 0 atom stereocenters. The fourth-order valence-electron chi connectivity index (χ4n) is 1.66. The van der Waals surface area contributed by atoms with Gasteiger partial charge in [0, 0.05) is 26.1 Å². The molecule has 0 bridgehead atoms. The van der Waals surface area contributed by atoms with Gasteiger partial charge >= 0.3 is 0 Å². The summed E-state index contributed by atoms with van der Waals surface area (Å²) in [6, 6.07) is 0. The summed E-state index contributed by atoms with van der Waals surface area (Å²) in [5, 5.41) is 3.13. The van der Waals surface area contributed by atoms with Crippen LogP contribution in [0.5, 0.6) is 0 Å². The lowest BCUT2D eigenvalue weighted by Gasteiger charge is -2.18. The first-order valence-corrected chi connectivity index (χ1v) is 6.40. The molecule has 0 aliphatic heterocycles. The summed E-state index contributed by atoms with van der Waals surface area (Å²) in [4.78, 5) is 22.2. The van der Waals surface area contributed by atoms with E-state index >= 15 is 0 Å². The zero-order valence-corrected chi connectivity index (χ0v) is 11.7. The highest BCUT2D eigenvalue weighted by molar-refractivity contribution is 5.76. The van der Waals surface area contributed by atoms with E-state index in [1.165, 1.54) is 0 Å². The van der Waals surface area contributed by atoms with Crippen LogP contribution >= 0.6 is 0 Å². The summed E-state index contributed by atoms with van der Waals surface area (Å²) in [5.41, 5.74) is 1.84. The second kappa shape index (κ2) is 6.93. The molecule has 0 aliphatic rings. The standard InChI is InChI=1S/C13H22N4O/c1-5-17(6-2)13(18)7-8-14-12-9-15-10(3)11(4)16-12/h9H,5-8H2,1-4H3,(H,14,16). The lowest BCUT2D eigenvalue weighted by atomic mass is 10.3.